The minimum absolute atomic E-state index is 0.154. The van der Waals surface area contributed by atoms with E-state index in [0.29, 0.717) is 6.04 Å². The van der Waals surface area contributed by atoms with Gasteiger partial charge in [0.25, 0.3) is 0 Å². The van der Waals surface area contributed by atoms with Gasteiger partial charge in [-0.2, -0.15) is 5.10 Å². The van der Waals surface area contributed by atoms with Crippen LogP contribution in [0.4, 0.5) is 4.79 Å². The van der Waals surface area contributed by atoms with Gasteiger partial charge in [-0.15, -0.1) is 0 Å². The molecule has 1 aromatic rings. The van der Waals surface area contributed by atoms with Crippen LogP contribution in [0.2, 0.25) is 0 Å². The second-order valence-electron chi connectivity index (χ2n) is 8.23. The molecule has 5 nitrogen and oxygen atoms in total. The van der Waals surface area contributed by atoms with E-state index in [0.717, 1.165) is 44.2 Å². The molecule has 1 saturated carbocycles. The molecule has 1 aliphatic heterocycles. The van der Waals surface area contributed by atoms with Crippen molar-refractivity contribution in [1.29, 1.82) is 0 Å². The Hall–Kier alpha value is -1.52. The van der Waals surface area contributed by atoms with Crippen LogP contribution in [0.25, 0.3) is 0 Å². The van der Waals surface area contributed by atoms with Crippen molar-refractivity contribution in [3.63, 3.8) is 0 Å². The molecule has 0 bridgehead atoms. The summed E-state index contributed by atoms with van der Waals surface area (Å²) in [6, 6.07) is 0.785. The summed E-state index contributed by atoms with van der Waals surface area (Å²) in [6.45, 7) is 6.24. The third-order valence-electron chi connectivity index (χ3n) is 6.33. The van der Waals surface area contributed by atoms with E-state index in [-0.39, 0.29) is 12.1 Å². The van der Waals surface area contributed by atoms with E-state index in [2.05, 4.69) is 33.8 Å². The quantitative estimate of drug-likeness (QED) is 0.925. The lowest BCUT2D eigenvalue weighted by atomic mass is 9.75. The highest BCUT2D eigenvalue weighted by atomic mass is 16.2. The molecule has 2 aliphatic carbocycles. The molecule has 2 unspecified atom stereocenters. The zero-order valence-electron chi connectivity index (χ0n) is 15.0. The zero-order valence-corrected chi connectivity index (χ0v) is 15.0. The van der Waals surface area contributed by atoms with Crippen LogP contribution in [-0.4, -0.2) is 39.8 Å². The Morgan fingerprint density at radius 2 is 2.08 bits per heavy atom. The molecule has 24 heavy (non-hydrogen) atoms. The molecule has 3 aliphatic rings. The van der Waals surface area contributed by atoms with Gasteiger partial charge in [-0.05, 0) is 50.5 Å². The molecule has 5 heteroatoms. The van der Waals surface area contributed by atoms with E-state index in [4.69, 9.17) is 0 Å². The van der Waals surface area contributed by atoms with Crippen molar-refractivity contribution < 1.29 is 4.79 Å². The molecule has 1 aromatic heterocycles. The second-order valence-corrected chi connectivity index (χ2v) is 8.23. The van der Waals surface area contributed by atoms with Crippen LogP contribution in [0.3, 0.4) is 0 Å². The molecule has 0 radical (unpaired) electrons. The molecule has 2 atom stereocenters. The van der Waals surface area contributed by atoms with Gasteiger partial charge < -0.3 is 10.2 Å². The number of urea groups is 1. The first-order valence-electron chi connectivity index (χ1n) is 9.72. The number of nitrogens with one attached hydrogen (secondary N) is 1. The first-order valence-corrected chi connectivity index (χ1v) is 9.72. The number of fused-ring (bicyclic) bond motifs is 1. The van der Waals surface area contributed by atoms with E-state index in [1.54, 1.807) is 0 Å². The molecule has 0 spiro atoms. The van der Waals surface area contributed by atoms with Crippen molar-refractivity contribution in [2.24, 2.45) is 11.8 Å². The highest BCUT2D eigenvalue weighted by Crippen LogP contribution is 2.38. The lowest BCUT2D eigenvalue weighted by molar-refractivity contribution is 0.185. The lowest BCUT2D eigenvalue weighted by Gasteiger charge is -2.31. The summed E-state index contributed by atoms with van der Waals surface area (Å²) in [7, 11) is 0. The van der Waals surface area contributed by atoms with Gasteiger partial charge in [-0.1, -0.05) is 19.3 Å². The van der Waals surface area contributed by atoms with Crippen molar-refractivity contribution in [3.8, 4) is 0 Å². The summed E-state index contributed by atoms with van der Waals surface area (Å²) in [5.41, 5.74) is 2.68. The van der Waals surface area contributed by atoms with Gasteiger partial charge >= 0.3 is 6.03 Å². The van der Waals surface area contributed by atoms with Crippen molar-refractivity contribution in [2.75, 3.05) is 13.1 Å². The number of aromatic nitrogens is 2. The van der Waals surface area contributed by atoms with E-state index in [9.17, 15) is 4.79 Å². The van der Waals surface area contributed by atoms with Gasteiger partial charge in [0.1, 0.15) is 0 Å². The van der Waals surface area contributed by atoms with Crippen LogP contribution >= 0.6 is 0 Å². The minimum atomic E-state index is 0.154. The maximum absolute atomic E-state index is 12.6. The van der Waals surface area contributed by atoms with E-state index in [1.165, 1.54) is 36.9 Å². The number of aryl methyl sites for hydroxylation is 1. The first-order chi connectivity index (χ1) is 11.6. The Kier molecular flexibility index (Phi) is 4.27. The Bertz CT molecular complexity index is 605. The first kappa shape index (κ1) is 16.0. The van der Waals surface area contributed by atoms with Crippen LogP contribution < -0.4 is 5.32 Å². The SMILES string of the molecule is CC(C)n1ncc2c1CC(NC(=O)N1CCC(C3CCC3)C1)CC2. The van der Waals surface area contributed by atoms with Crippen LogP contribution in [-0.2, 0) is 12.8 Å². The normalized spacial score (nSPS) is 27.2. The zero-order chi connectivity index (χ0) is 16.7. The van der Waals surface area contributed by atoms with Crippen LogP contribution in [0.5, 0.6) is 0 Å². The highest BCUT2D eigenvalue weighted by Gasteiger charge is 2.35. The summed E-state index contributed by atoms with van der Waals surface area (Å²) in [5.74, 6) is 1.64. The molecule has 2 fully saturated rings. The predicted molar refractivity (Wildman–Crippen MR) is 94.0 cm³/mol. The number of likely N-dealkylation sites (tertiary alicyclic amines) is 1. The number of hydrogen-bond acceptors (Lipinski definition) is 2. The van der Waals surface area contributed by atoms with Crippen molar-refractivity contribution in [2.45, 2.75) is 70.9 Å². The maximum atomic E-state index is 12.6. The average Bonchev–Trinajstić information content (AvgIpc) is 3.11. The molecule has 1 saturated heterocycles. The number of carbonyl (C=O) groups excluding carboxylic acids is 1. The highest BCUT2D eigenvalue weighted by molar-refractivity contribution is 5.75. The summed E-state index contributed by atoms with van der Waals surface area (Å²) >= 11 is 0. The second kappa shape index (κ2) is 6.41. The summed E-state index contributed by atoms with van der Waals surface area (Å²) in [5, 5.41) is 7.83. The summed E-state index contributed by atoms with van der Waals surface area (Å²) < 4.78 is 2.12. The molecule has 132 valence electrons. The Labute approximate surface area is 144 Å². The molecule has 2 heterocycles. The Balaban J connectivity index is 1.34. The van der Waals surface area contributed by atoms with E-state index >= 15 is 0 Å². The fourth-order valence-corrected chi connectivity index (χ4v) is 4.62. The molecule has 1 N–H and O–H groups in total. The molecule has 4 rings (SSSR count). The standard InChI is InChI=1S/C19H30N4O/c1-13(2)23-18-10-17(7-6-15(18)11-20-23)21-19(24)22-9-8-16(12-22)14-4-3-5-14/h11,13-14,16-17H,3-10,12H2,1-2H3,(H,21,24). The third kappa shape index (κ3) is 2.93. The fraction of sp³-hybridized carbons (Fsp3) is 0.789. The molecule has 0 aromatic carbocycles. The predicted octanol–water partition coefficient (Wildman–Crippen LogP) is 3.15. The molecular formula is C19H30N4O. The van der Waals surface area contributed by atoms with Gasteiger partial charge in [0.15, 0.2) is 0 Å². The van der Waals surface area contributed by atoms with Gasteiger partial charge in [-0.3, -0.25) is 4.68 Å². The topological polar surface area (TPSA) is 50.2 Å². The van der Waals surface area contributed by atoms with Gasteiger partial charge in [0.05, 0.1) is 6.20 Å². The van der Waals surface area contributed by atoms with Gasteiger partial charge in [0.2, 0.25) is 0 Å². The number of rotatable bonds is 3. The van der Waals surface area contributed by atoms with Gasteiger partial charge in [0, 0.05) is 37.3 Å². The van der Waals surface area contributed by atoms with E-state index < -0.39 is 0 Å². The van der Waals surface area contributed by atoms with Crippen molar-refractivity contribution >= 4 is 6.03 Å². The Morgan fingerprint density at radius 1 is 1.25 bits per heavy atom. The van der Waals surface area contributed by atoms with Gasteiger partial charge in [-0.25, -0.2) is 4.79 Å². The van der Waals surface area contributed by atoms with Crippen LogP contribution in [0.15, 0.2) is 6.20 Å². The summed E-state index contributed by atoms with van der Waals surface area (Å²) in [6.07, 6.45) is 10.3. The van der Waals surface area contributed by atoms with Crippen LogP contribution in [0.1, 0.15) is 63.3 Å². The van der Waals surface area contributed by atoms with E-state index in [1.807, 2.05) is 6.20 Å². The number of hydrogen-bond donors (Lipinski definition) is 1. The lowest BCUT2D eigenvalue weighted by Crippen LogP contribution is -2.46. The minimum Gasteiger partial charge on any atom is -0.335 e. The monoisotopic (exact) mass is 330 g/mol. The molecule has 2 amide bonds. The number of amides is 2. The van der Waals surface area contributed by atoms with Crippen LogP contribution in [0, 0.1) is 11.8 Å². The largest absolute Gasteiger partial charge is 0.335 e. The number of carbonyl (C=O) groups is 1. The van der Waals surface area contributed by atoms with Crippen molar-refractivity contribution in [3.05, 3.63) is 17.5 Å². The number of nitrogens with zero attached hydrogens (tertiary/aromatic N) is 3. The average molecular weight is 330 g/mol. The third-order valence-corrected chi connectivity index (χ3v) is 6.33. The summed E-state index contributed by atoms with van der Waals surface area (Å²) in [4.78, 5) is 14.7. The van der Waals surface area contributed by atoms with Crippen molar-refractivity contribution in [1.82, 2.24) is 20.0 Å². The maximum Gasteiger partial charge on any atom is 0.317 e. The Morgan fingerprint density at radius 3 is 2.79 bits per heavy atom. The smallest absolute Gasteiger partial charge is 0.317 e. The fourth-order valence-electron chi connectivity index (χ4n) is 4.62. The molecular weight excluding hydrogens is 300 g/mol.